The zero-order valence-corrected chi connectivity index (χ0v) is 7.45. The van der Waals surface area contributed by atoms with Gasteiger partial charge in [-0.3, -0.25) is 0 Å². The lowest BCUT2D eigenvalue weighted by Gasteiger charge is -2.05. The molecule has 1 rings (SSSR count). The van der Waals surface area contributed by atoms with Crippen LogP contribution in [0.4, 0.5) is 0 Å². The highest BCUT2D eigenvalue weighted by molar-refractivity contribution is 5.71. The van der Waals surface area contributed by atoms with Crippen molar-refractivity contribution >= 4 is 5.87 Å². The van der Waals surface area contributed by atoms with Crippen LogP contribution in [0.25, 0.3) is 5.41 Å². The van der Waals surface area contributed by atoms with Gasteiger partial charge >= 0.3 is 0 Å². The molecule has 0 radical (unpaired) electrons. The third-order valence-corrected chi connectivity index (χ3v) is 1.65. The quantitative estimate of drug-likeness (QED) is 0.414. The Balaban J connectivity index is 0.000000223. The first-order chi connectivity index (χ1) is 6.35. The monoisotopic (exact) mass is 176 g/mol. The Kier molecular flexibility index (Phi) is 7.44. The lowest BCUT2D eigenvalue weighted by Crippen LogP contribution is -2.85. The fourth-order valence-electron chi connectivity index (χ4n) is 0.973. The van der Waals surface area contributed by atoms with E-state index in [1.54, 1.807) is 0 Å². The summed E-state index contributed by atoms with van der Waals surface area (Å²) in [6.45, 7) is 2.75. The van der Waals surface area contributed by atoms with Crippen LogP contribution in [-0.4, -0.2) is 19.0 Å². The molecule has 0 saturated carbocycles. The predicted molar refractivity (Wildman–Crippen MR) is 48.6 cm³/mol. The Labute approximate surface area is 78.0 Å². The molecule has 1 saturated heterocycles. The molecule has 1 heterocycles. The van der Waals surface area contributed by atoms with Crippen LogP contribution in [-0.2, 0) is 0 Å². The largest absolute Gasteiger partial charge is 0.762 e. The van der Waals surface area contributed by atoms with E-state index in [2.05, 4.69) is 5.32 Å². The molecule has 0 aromatic rings. The second kappa shape index (κ2) is 8.49. The second-order valence-electron chi connectivity index (χ2n) is 2.64. The smallest absolute Gasteiger partial charge is 0.148 e. The number of rotatable bonds is 0. The van der Waals surface area contributed by atoms with E-state index in [0.29, 0.717) is 0 Å². The van der Waals surface area contributed by atoms with E-state index in [0.717, 1.165) is 0 Å². The summed E-state index contributed by atoms with van der Waals surface area (Å²) in [5.41, 5.74) is -0.403. The molecule has 13 heavy (non-hydrogen) atoms. The lowest BCUT2D eigenvalue weighted by atomic mass is 10.2. The van der Waals surface area contributed by atoms with Crippen LogP contribution in [0.1, 0.15) is 19.3 Å². The zero-order chi connectivity index (χ0) is 9.94. The molecule has 0 spiro atoms. The van der Waals surface area contributed by atoms with Gasteiger partial charge in [-0.25, -0.2) is 5.87 Å². The molecule has 0 aromatic heterocycles. The van der Waals surface area contributed by atoms with Crippen molar-refractivity contribution < 1.29 is 5.32 Å². The van der Waals surface area contributed by atoms with E-state index in [-0.39, 0.29) is 0 Å². The van der Waals surface area contributed by atoms with Crippen LogP contribution >= 0.6 is 0 Å². The SMILES string of the molecule is C1CC[NH2+]CC1.N#CC(=C=[N-])C#N. The summed E-state index contributed by atoms with van der Waals surface area (Å²) in [5, 5.41) is 25.8. The maximum atomic E-state index is 7.79. The van der Waals surface area contributed by atoms with Crippen molar-refractivity contribution in [2.24, 2.45) is 0 Å². The first kappa shape index (κ1) is 11.4. The molecule has 1 fully saturated rings. The van der Waals surface area contributed by atoms with E-state index >= 15 is 0 Å². The van der Waals surface area contributed by atoms with Crippen LogP contribution in [0.15, 0.2) is 5.57 Å². The van der Waals surface area contributed by atoms with Crippen LogP contribution in [0, 0.1) is 22.7 Å². The average molecular weight is 176 g/mol. The topological polar surface area (TPSA) is 86.5 Å². The minimum atomic E-state index is -0.403. The lowest BCUT2D eigenvalue weighted by molar-refractivity contribution is -0.662. The minimum absolute atomic E-state index is 0.403. The highest BCUT2D eigenvalue weighted by Gasteiger charge is 1.97. The number of hydrogen-bond acceptors (Lipinski definition) is 2. The van der Waals surface area contributed by atoms with Gasteiger partial charge in [-0.2, -0.15) is 10.5 Å². The number of nitrogens with zero attached hydrogens (tertiary/aromatic N) is 3. The van der Waals surface area contributed by atoms with Crippen LogP contribution in [0.5, 0.6) is 0 Å². The van der Waals surface area contributed by atoms with Crippen molar-refractivity contribution in [3.63, 3.8) is 0 Å². The molecule has 0 atom stereocenters. The fraction of sp³-hybridized carbons (Fsp3) is 0.556. The number of quaternary nitrogens is 1. The van der Waals surface area contributed by atoms with Gasteiger partial charge < -0.3 is 10.7 Å². The summed E-state index contributed by atoms with van der Waals surface area (Å²) in [6.07, 6.45) is 4.36. The third kappa shape index (κ3) is 6.77. The number of hydrogen-bond donors (Lipinski definition) is 1. The summed E-state index contributed by atoms with van der Waals surface area (Å²) in [7, 11) is 0. The summed E-state index contributed by atoms with van der Waals surface area (Å²) in [6, 6.07) is 2.79. The standard InChI is InChI=1S/C5H11N.C4N3/c1-2-4-6-5-3-1;5-1-4(2-6)3-7/h6H,1-5H2;/q;-1/p+1. The van der Waals surface area contributed by atoms with E-state index in [1.807, 2.05) is 0 Å². The Morgan fingerprint density at radius 2 is 1.62 bits per heavy atom. The maximum absolute atomic E-state index is 7.79. The minimum Gasteiger partial charge on any atom is -0.762 e. The number of allylic oxidation sites excluding steroid dienone is 1. The Bertz CT molecular complexity index is 231. The fourth-order valence-corrected chi connectivity index (χ4v) is 0.973. The molecule has 4 heteroatoms. The van der Waals surface area contributed by atoms with Crippen molar-refractivity contribution in [3.8, 4) is 12.1 Å². The van der Waals surface area contributed by atoms with Crippen molar-refractivity contribution in [1.82, 2.24) is 0 Å². The normalized spacial score (nSPS) is 13.7. The van der Waals surface area contributed by atoms with Gasteiger partial charge in [0.05, 0.1) is 13.1 Å². The van der Waals surface area contributed by atoms with Gasteiger partial charge in [0.1, 0.15) is 17.7 Å². The molecular formula is C9H12N4. The number of nitrogens with two attached hydrogens (primary N) is 1. The molecule has 0 aromatic carbocycles. The van der Waals surface area contributed by atoms with Crippen molar-refractivity contribution in [3.05, 3.63) is 11.0 Å². The molecule has 1 aliphatic rings. The molecule has 0 unspecified atom stereocenters. The van der Waals surface area contributed by atoms with Gasteiger partial charge in [-0.1, -0.05) is 0 Å². The van der Waals surface area contributed by atoms with Gasteiger partial charge in [-0.05, 0) is 19.3 Å². The van der Waals surface area contributed by atoms with Crippen LogP contribution in [0.3, 0.4) is 0 Å². The molecule has 0 aliphatic carbocycles. The zero-order valence-electron chi connectivity index (χ0n) is 7.45. The maximum Gasteiger partial charge on any atom is 0.148 e. The van der Waals surface area contributed by atoms with E-state index < -0.39 is 5.57 Å². The van der Waals surface area contributed by atoms with Crippen LogP contribution < -0.4 is 5.32 Å². The Hall–Kier alpha value is -1.61. The van der Waals surface area contributed by atoms with E-state index in [4.69, 9.17) is 15.9 Å². The first-order valence-electron chi connectivity index (χ1n) is 4.24. The third-order valence-electron chi connectivity index (χ3n) is 1.65. The number of piperidine rings is 1. The Morgan fingerprint density at radius 1 is 1.08 bits per heavy atom. The summed E-state index contributed by atoms with van der Waals surface area (Å²) in [4.78, 5) is 0. The molecule has 4 nitrogen and oxygen atoms in total. The molecule has 0 bridgehead atoms. The molecular weight excluding hydrogens is 164 g/mol. The van der Waals surface area contributed by atoms with Crippen molar-refractivity contribution in [2.45, 2.75) is 19.3 Å². The average Bonchev–Trinajstić information content (AvgIpc) is 2.24. The Morgan fingerprint density at radius 3 is 1.69 bits per heavy atom. The highest BCUT2D eigenvalue weighted by atomic mass is 14.9. The first-order valence-corrected chi connectivity index (χ1v) is 4.24. The molecule has 2 N–H and O–H groups in total. The van der Waals surface area contributed by atoms with Gasteiger partial charge in [0.2, 0.25) is 0 Å². The van der Waals surface area contributed by atoms with Crippen molar-refractivity contribution in [1.29, 1.82) is 10.5 Å². The summed E-state index contributed by atoms with van der Waals surface area (Å²) >= 11 is 0. The van der Waals surface area contributed by atoms with E-state index in [1.165, 1.54) is 50.4 Å². The predicted octanol–water partition coefficient (Wildman–Crippen LogP) is -0.0672. The summed E-state index contributed by atoms with van der Waals surface area (Å²) in [5.74, 6) is 1.40. The van der Waals surface area contributed by atoms with Crippen LogP contribution in [0.2, 0.25) is 0 Å². The van der Waals surface area contributed by atoms with E-state index in [9.17, 15) is 0 Å². The molecule has 68 valence electrons. The molecule has 1 aliphatic heterocycles. The second-order valence-corrected chi connectivity index (χ2v) is 2.64. The van der Waals surface area contributed by atoms with Gasteiger partial charge in [0, 0.05) is 0 Å². The van der Waals surface area contributed by atoms with Gasteiger partial charge in [0.25, 0.3) is 0 Å². The van der Waals surface area contributed by atoms with Crippen molar-refractivity contribution in [2.75, 3.05) is 13.1 Å². The summed E-state index contributed by atoms with van der Waals surface area (Å²) < 4.78 is 0. The highest BCUT2D eigenvalue weighted by Crippen LogP contribution is 1.91. The van der Waals surface area contributed by atoms with Gasteiger partial charge in [-0.15, -0.1) is 0 Å². The van der Waals surface area contributed by atoms with Gasteiger partial charge in [0.15, 0.2) is 0 Å². The number of nitriles is 2. The molecule has 0 amide bonds.